The number of hydrogen-bond donors (Lipinski definition) is 2. The van der Waals surface area contributed by atoms with Gasteiger partial charge >= 0.3 is 11.8 Å². The van der Waals surface area contributed by atoms with Gasteiger partial charge in [-0.15, -0.1) is 0 Å². The number of rotatable bonds is 10. The van der Waals surface area contributed by atoms with E-state index in [1.54, 1.807) is 25.1 Å². The summed E-state index contributed by atoms with van der Waals surface area (Å²) in [5.41, 5.74) is 2.10. The van der Waals surface area contributed by atoms with E-state index < -0.39 is 17.6 Å². The zero-order valence-electron chi connectivity index (χ0n) is 20.8. The second kappa shape index (κ2) is 12.9. The van der Waals surface area contributed by atoms with Crippen LogP contribution in [-0.2, 0) is 16.0 Å². The van der Waals surface area contributed by atoms with Crippen LogP contribution in [0.1, 0.15) is 18.1 Å². The van der Waals surface area contributed by atoms with E-state index in [0.717, 1.165) is 11.6 Å². The number of halogens is 1. The number of methoxy groups -OCH3 is 2. The summed E-state index contributed by atoms with van der Waals surface area (Å²) in [4.78, 5) is 28.3. The molecule has 0 unspecified atom stereocenters. The zero-order valence-corrected chi connectivity index (χ0v) is 20.8. The van der Waals surface area contributed by atoms with Crippen molar-refractivity contribution in [1.82, 2.24) is 5.32 Å². The second-order valence-corrected chi connectivity index (χ2v) is 7.73. The minimum absolute atomic E-state index is 0.0943. The lowest BCUT2D eigenvalue weighted by atomic mass is 10.1. The highest BCUT2D eigenvalue weighted by Gasteiger charge is 2.18. The standard InChI is InChI=1S/C28H28FN3O5/c1-5-23(20-16-25(35-3)26(36-4)17-22(20)30-2)37-24-12-11-19(15-21(24)29)32-28(34)27(33)31-14-13-18-9-7-6-8-10-18/h5-12,15-17H,2,13-14H2,1,3-4H3,(H,31,33)(H,32,34)/b23-5+. The summed E-state index contributed by atoms with van der Waals surface area (Å²) in [7, 11) is 3.00. The Bertz CT molecular complexity index is 1310. The molecule has 2 N–H and O–H groups in total. The normalized spacial score (nSPS) is 10.9. The third-order valence-corrected chi connectivity index (χ3v) is 5.36. The Kier molecular flexibility index (Phi) is 9.37. The molecule has 3 aromatic rings. The Morgan fingerprint density at radius 2 is 1.68 bits per heavy atom. The van der Waals surface area contributed by atoms with Gasteiger partial charge in [-0.3, -0.25) is 14.6 Å². The van der Waals surface area contributed by atoms with Crippen LogP contribution in [-0.4, -0.2) is 39.3 Å². The molecular formula is C28H28FN3O5. The molecule has 0 spiro atoms. The minimum atomic E-state index is -0.901. The second-order valence-electron chi connectivity index (χ2n) is 7.73. The number of benzene rings is 3. The van der Waals surface area contributed by atoms with Gasteiger partial charge in [0.1, 0.15) is 5.76 Å². The fourth-order valence-electron chi connectivity index (χ4n) is 3.48. The van der Waals surface area contributed by atoms with E-state index in [2.05, 4.69) is 22.3 Å². The maximum absolute atomic E-state index is 14.9. The van der Waals surface area contributed by atoms with Crippen LogP contribution in [0.2, 0.25) is 0 Å². The highest BCUT2D eigenvalue weighted by molar-refractivity contribution is 6.39. The first kappa shape index (κ1) is 26.9. The van der Waals surface area contributed by atoms with Crippen molar-refractivity contribution in [2.75, 3.05) is 26.1 Å². The summed E-state index contributed by atoms with van der Waals surface area (Å²) in [5.74, 6) is -1.35. The van der Waals surface area contributed by atoms with Crippen molar-refractivity contribution in [1.29, 1.82) is 0 Å². The van der Waals surface area contributed by atoms with E-state index in [1.807, 2.05) is 30.3 Å². The topological polar surface area (TPSA) is 98.2 Å². The van der Waals surface area contributed by atoms with Crippen LogP contribution in [0, 0.1) is 5.82 Å². The number of hydrogen-bond acceptors (Lipinski definition) is 6. The average molecular weight is 506 g/mol. The Balaban J connectivity index is 1.67. The van der Waals surface area contributed by atoms with Crippen molar-refractivity contribution < 1.29 is 28.2 Å². The number of carbonyl (C=O) groups excluding carboxylic acids is 2. The van der Waals surface area contributed by atoms with Crippen LogP contribution in [0.25, 0.3) is 5.76 Å². The predicted octanol–water partition coefficient (Wildman–Crippen LogP) is 4.91. The smallest absolute Gasteiger partial charge is 0.313 e. The van der Waals surface area contributed by atoms with Crippen molar-refractivity contribution in [3.63, 3.8) is 0 Å². The SMILES string of the molecule is C=Nc1cc(OC)c(OC)cc1/C(=C\C)Oc1ccc(NC(=O)C(=O)NCCc2ccccc2)cc1F. The van der Waals surface area contributed by atoms with Crippen LogP contribution in [0.15, 0.2) is 71.7 Å². The van der Waals surface area contributed by atoms with Crippen molar-refractivity contribution in [2.45, 2.75) is 13.3 Å². The van der Waals surface area contributed by atoms with Gasteiger partial charge in [0.15, 0.2) is 23.1 Å². The number of ether oxygens (including phenoxy) is 3. The number of carbonyl (C=O) groups is 2. The summed E-state index contributed by atoms with van der Waals surface area (Å²) in [6.07, 6.45) is 2.22. The summed E-state index contributed by atoms with van der Waals surface area (Å²) in [6.45, 7) is 5.59. The van der Waals surface area contributed by atoms with Crippen molar-refractivity contribution in [3.8, 4) is 17.2 Å². The van der Waals surface area contributed by atoms with Gasteiger partial charge in [0.2, 0.25) is 0 Å². The quantitative estimate of drug-likeness (QED) is 0.232. The van der Waals surface area contributed by atoms with Crippen molar-refractivity contribution in [3.05, 3.63) is 83.7 Å². The first-order valence-electron chi connectivity index (χ1n) is 11.4. The summed E-state index contributed by atoms with van der Waals surface area (Å²) in [6, 6.07) is 16.7. The lowest BCUT2D eigenvalue weighted by Gasteiger charge is -2.16. The Morgan fingerprint density at radius 1 is 0.973 bits per heavy atom. The number of nitrogens with one attached hydrogen (secondary N) is 2. The molecule has 3 rings (SSSR count). The van der Waals surface area contributed by atoms with Gasteiger partial charge in [0, 0.05) is 29.9 Å². The molecule has 0 aromatic heterocycles. The molecule has 0 fully saturated rings. The van der Waals surface area contributed by atoms with Crippen LogP contribution in [0.3, 0.4) is 0 Å². The van der Waals surface area contributed by atoms with Crippen LogP contribution in [0.5, 0.6) is 17.2 Å². The summed E-state index contributed by atoms with van der Waals surface area (Å²) in [5, 5.41) is 4.94. The highest BCUT2D eigenvalue weighted by Crippen LogP contribution is 2.39. The summed E-state index contributed by atoms with van der Waals surface area (Å²) >= 11 is 0. The van der Waals surface area contributed by atoms with Crippen molar-refractivity contribution in [2.24, 2.45) is 4.99 Å². The van der Waals surface area contributed by atoms with E-state index in [4.69, 9.17) is 14.2 Å². The van der Waals surface area contributed by atoms with Crippen LogP contribution < -0.4 is 24.8 Å². The van der Waals surface area contributed by atoms with Gasteiger partial charge in [-0.1, -0.05) is 30.3 Å². The van der Waals surface area contributed by atoms with E-state index in [-0.39, 0.29) is 11.4 Å². The number of aliphatic imine (C=N–C) groups is 1. The Hall–Kier alpha value is -4.66. The molecule has 0 heterocycles. The molecule has 37 heavy (non-hydrogen) atoms. The van der Waals surface area contributed by atoms with Gasteiger partial charge in [0.25, 0.3) is 0 Å². The number of anilines is 1. The van der Waals surface area contributed by atoms with Gasteiger partial charge in [0.05, 0.1) is 19.9 Å². The molecule has 8 nitrogen and oxygen atoms in total. The van der Waals surface area contributed by atoms with E-state index in [9.17, 15) is 14.0 Å². The number of nitrogens with zero attached hydrogens (tertiary/aromatic N) is 1. The van der Waals surface area contributed by atoms with E-state index >= 15 is 0 Å². The maximum Gasteiger partial charge on any atom is 0.313 e. The molecule has 2 amide bonds. The minimum Gasteiger partial charge on any atom is -0.493 e. The summed E-state index contributed by atoms with van der Waals surface area (Å²) < 4.78 is 31.3. The molecule has 0 aliphatic carbocycles. The van der Waals surface area contributed by atoms with Crippen molar-refractivity contribution >= 4 is 35.7 Å². The van der Waals surface area contributed by atoms with Gasteiger partial charge in [-0.25, -0.2) is 4.39 Å². The van der Waals surface area contributed by atoms with Crippen LogP contribution in [0.4, 0.5) is 15.8 Å². The largest absolute Gasteiger partial charge is 0.493 e. The molecule has 3 aromatic carbocycles. The van der Waals surface area contributed by atoms with Gasteiger partial charge < -0.3 is 24.8 Å². The maximum atomic E-state index is 14.9. The number of amides is 2. The lowest BCUT2D eigenvalue weighted by Crippen LogP contribution is -2.36. The first-order chi connectivity index (χ1) is 17.9. The monoisotopic (exact) mass is 505 g/mol. The molecule has 0 atom stereocenters. The first-order valence-corrected chi connectivity index (χ1v) is 11.4. The molecule has 9 heteroatoms. The lowest BCUT2D eigenvalue weighted by molar-refractivity contribution is -0.136. The van der Waals surface area contributed by atoms with Crippen LogP contribution >= 0.6 is 0 Å². The Morgan fingerprint density at radius 3 is 2.30 bits per heavy atom. The zero-order chi connectivity index (χ0) is 26.8. The number of allylic oxidation sites excluding steroid dienone is 1. The molecule has 0 bridgehead atoms. The Labute approximate surface area is 214 Å². The van der Waals surface area contributed by atoms with E-state index in [0.29, 0.717) is 41.5 Å². The third-order valence-electron chi connectivity index (χ3n) is 5.36. The average Bonchev–Trinajstić information content (AvgIpc) is 2.92. The molecule has 192 valence electrons. The fraction of sp³-hybridized carbons (Fsp3) is 0.179. The molecule has 0 saturated heterocycles. The third kappa shape index (κ3) is 6.94. The predicted molar refractivity (Wildman–Crippen MR) is 141 cm³/mol. The van der Waals surface area contributed by atoms with Gasteiger partial charge in [-0.05, 0) is 49.9 Å². The molecular weight excluding hydrogens is 477 g/mol. The highest BCUT2D eigenvalue weighted by atomic mass is 19.1. The molecule has 0 saturated carbocycles. The van der Waals surface area contributed by atoms with E-state index in [1.165, 1.54) is 26.4 Å². The fourth-order valence-corrected chi connectivity index (χ4v) is 3.48. The molecule has 0 radical (unpaired) electrons. The molecule has 0 aliphatic rings. The van der Waals surface area contributed by atoms with Gasteiger partial charge in [-0.2, -0.15) is 0 Å². The molecule has 0 aliphatic heterocycles.